The number of rotatable bonds is 4. The Hall–Kier alpha value is -1.24. The van der Waals surface area contributed by atoms with Crippen LogP contribution in [-0.4, -0.2) is 56.2 Å². The minimum absolute atomic E-state index is 0.255. The zero-order chi connectivity index (χ0) is 21.1. The number of fused-ring (bicyclic) bond motifs is 1. The van der Waals surface area contributed by atoms with Gasteiger partial charge in [-0.3, -0.25) is 3.97 Å². The predicted molar refractivity (Wildman–Crippen MR) is 136 cm³/mol. The molecule has 1 saturated carbocycles. The topological polar surface area (TPSA) is 82.1 Å². The summed E-state index contributed by atoms with van der Waals surface area (Å²) in [5.41, 5.74) is 7.92. The Morgan fingerprint density at radius 3 is 2.77 bits per heavy atom. The molecule has 3 aromatic rings. The number of anilines is 2. The molecule has 4 heterocycles. The van der Waals surface area contributed by atoms with E-state index in [0.29, 0.717) is 24.9 Å². The van der Waals surface area contributed by atoms with Crippen molar-refractivity contribution in [3.63, 3.8) is 0 Å². The summed E-state index contributed by atoms with van der Waals surface area (Å²) in [4.78, 5) is 16.0. The van der Waals surface area contributed by atoms with Crippen LogP contribution >= 0.6 is 42.1 Å². The Balaban J connectivity index is 0.000000383. The lowest BCUT2D eigenvalue weighted by Gasteiger charge is -2.34. The minimum atomic E-state index is 0.255. The second kappa shape index (κ2) is 9.92. The molecule has 1 unspecified atom stereocenters. The number of halogens is 1. The second-order valence-corrected chi connectivity index (χ2v) is 10.2. The summed E-state index contributed by atoms with van der Waals surface area (Å²) in [7, 11) is 1.57. The monoisotopic (exact) mass is 556 g/mol. The van der Waals surface area contributed by atoms with Crippen molar-refractivity contribution in [3.8, 4) is 11.4 Å². The maximum absolute atomic E-state index is 6.09. The Morgan fingerprint density at radius 2 is 2.10 bits per heavy atom. The smallest absolute Gasteiger partial charge is 0.164 e. The Morgan fingerprint density at radius 1 is 1.27 bits per heavy atom. The summed E-state index contributed by atoms with van der Waals surface area (Å²) in [5.74, 6) is 1.93. The fraction of sp³-hybridized carbons (Fsp3) is 0.450. The molecule has 160 valence electrons. The van der Waals surface area contributed by atoms with Gasteiger partial charge in [0, 0.05) is 71.5 Å². The first kappa shape index (κ1) is 22.0. The molecule has 0 amide bonds. The molecule has 0 bridgehead atoms. The zero-order valence-electron chi connectivity index (χ0n) is 17.0. The van der Waals surface area contributed by atoms with E-state index in [2.05, 4.69) is 49.3 Å². The molecule has 10 heteroatoms. The number of aromatic nitrogens is 4. The number of nitrogen functional groups attached to an aromatic ring is 1. The largest absolute Gasteiger partial charge is 0.384 e. The van der Waals surface area contributed by atoms with Gasteiger partial charge in [0.1, 0.15) is 11.6 Å². The summed E-state index contributed by atoms with van der Waals surface area (Å²) in [6.45, 7) is 4.30. The number of morpholine rings is 1. The van der Waals surface area contributed by atoms with Gasteiger partial charge in [0.2, 0.25) is 0 Å². The number of thioether (sulfide) groups is 1. The average Bonchev–Trinajstić information content (AvgIpc) is 3.51. The van der Waals surface area contributed by atoms with Crippen molar-refractivity contribution >= 4 is 64.8 Å². The van der Waals surface area contributed by atoms with E-state index in [1.54, 1.807) is 15.3 Å². The lowest BCUT2D eigenvalue weighted by atomic mass is 10.1. The maximum Gasteiger partial charge on any atom is 0.164 e. The molecule has 5 rings (SSSR count). The fourth-order valence-corrected chi connectivity index (χ4v) is 5.24. The van der Waals surface area contributed by atoms with E-state index in [4.69, 9.17) is 15.5 Å². The molecule has 1 atom stereocenters. The summed E-state index contributed by atoms with van der Waals surface area (Å²) in [6, 6.07) is 6.05. The standard InChI is InChI=1S/C16H17IN6OS.C4H8S/c1-10-9-24-7-6-22(10)14-8-13(18)20-15(21-14)11-2-4-19-16-12(11)3-5-23(16)25-17;1-5-4-2-3-4/h2-5,8,10H,6-7,9H2,1H3,(H2,18,20,21);4H,2-3H2,1H3. The lowest BCUT2D eigenvalue weighted by molar-refractivity contribution is 0.0985. The van der Waals surface area contributed by atoms with Gasteiger partial charge in [-0.05, 0) is 38.2 Å². The summed E-state index contributed by atoms with van der Waals surface area (Å²) in [5, 5.41) is 2.06. The first-order chi connectivity index (χ1) is 14.6. The van der Waals surface area contributed by atoms with Gasteiger partial charge in [0.05, 0.1) is 19.3 Å². The van der Waals surface area contributed by atoms with Crippen LogP contribution in [-0.2, 0) is 4.74 Å². The number of ether oxygens (including phenoxy) is 1. The van der Waals surface area contributed by atoms with Crippen LogP contribution in [0.15, 0.2) is 30.6 Å². The fourth-order valence-electron chi connectivity index (χ4n) is 3.36. The van der Waals surface area contributed by atoms with Crippen LogP contribution in [0.5, 0.6) is 0 Å². The highest BCUT2D eigenvalue weighted by atomic mass is 127. The Labute approximate surface area is 197 Å². The van der Waals surface area contributed by atoms with Crippen molar-refractivity contribution in [2.75, 3.05) is 36.6 Å². The van der Waals surface area contributed by atoms with Crippen molar-refractivity contribution in [3.05, 3.63) is 30.6 Å². The van der Waals surface area contributed by atoms with Gasteiger partial charge in [-0.25, -0.2) is 15.0 Å². The zero-order valence-corrected chi connectivity index (χ0v) is 20.8. The molecule has 30 heavy (non-hydrogen) atoms. The molecule has 2 aliphatic rings. The van der Waals surface area contributed by atoms with Crippen LogP contribution in [0.1, 0.15) is 19.8 Å². The highest BCUT2D eigenvalue weighted by Gasteiger charge is 2.22. The number of nitrogens with two attached hydrogens (primary N) is 1. The third kappa shape index (κ3) is 4.97. The van der Waals surface area contributed by atoms with Gasteiger partial charge >= 0.3 is 0 Å². The number of pyridine rings is 1. The van der Waals surface area contributed by atoms with Gasteiger partial charge in [0.25, 0.3) is 0 Å². The van der Waals surface area contributed by atoms with E-state index in [0.717, 1.165) is 34.2 Å². The van der Waals surface area contributed by atoms with Crippen LogP contribution in [0.3, 0.4) is 0 Å². The second-order valence-electron chi connectivity index (χ2n) is 7.33. The first-order valence-corrected chi connectivity index (χ1v) is 14.5. The maximum atomic E-state index is 6.09. The number of hydrogen-bond acceptors (Lipinski definition) is 8. The average molecular weight is 556 g/mol. The van der Waals surface area contributed by atoms with Crippen LogP contribution in [0.2, 0.25) is 0 Å². The third-order valence-electron chi connectivity index (χ3n) is 5.12. The molecule has 7 nitrogen and oxygen atoms in total. The summed E-state index contributed by atoms with van der Waals surface area (Å²) >= 11 is 4.23. The van der Waals surface area contributed by atoms with Crippen molar-refractivity contribution in [1.29, 1.82) is 0 Å². The minimum Gasteiger partial charge on any atom is -0.384 e. The summed E-state index contributed by atoms with van der Waals surface area (Å²) < 4.78 is 7.53. The Kier molecular flexibility index (Phi) is 7.27. The number of hydrogen-bond donors (Lipinski definition) is 1. The van der Waals surface area contributed by atoms with Crippen molar-refractivity contribution < 1.29 is 4.74 Å². The van der Waals surface area contributed by atoms with Crippen LogP contribution in [0.25, 0.3) is 22.4 Å². The van der Waals surface area contributed by atoms with Crippen LogP contribution in [0, 0.1) is 0 Å². The number of nitrogens with zero attached hydrogens (tertiary/aromatic N) is 5. The molecular formula is C20H25IN6OS2. The predicted octanol–water partition coefficient (Wildman–Crippen LogP) is 4.66. The van der Waals surface area contributed by atoms with E-state index >= 15 is 0 Å². The van der Waals surface area contributed by atoms with Crippen molar-refractivity contribution in [1.82, 2.24) is 18.9 Å². The quantitative estimate of drug-likeness (QED) is 0.465. The molecule has 1 saturated heterocycles. The first-order valence-electron chi connectivity index (χ1n) is 9.88. The molecule has 0 spiro atoms. The van der Waals surface area contributed by atoms with Crippen LogP contribution in [0.4, 0.5) is 11.6 Å². The molecule has 0 aromatic carbocycles. The summed E-state index contributed by atoms with van der Waals surface area (Å²) in [6.07, 6.45) is 8.90. The van der Waals surface area contributed by atoms with Gasteiger partial charge in [-0.2, -0.15) is 11.8 Å². The van der Waals surface area contributed by atoms with Gasteiger partial charge in [0.15, 0.2) is 11.5 Å². The lowest BCUT2D eigenvalue weighted by Crippen LogP contribution is -2.44. The van der Waals surface area contributed by atoms with Crippen LogP contribution < -0.4 is 10.6 Å². The third-order valence-corrected chi connectivity index (χ3v) is 7.98. The van der Waals surface area contributed by atoms with Crippen molar-refractivity contribution in [2.45, 2.75) is 31.1 Å². The Bertz CT molecular complexity index is 1010. The molecule has 1 aliphatic carbocycles. The normalized spacial score (nSPS) is 18.9. The van der Waals surface area contributed by atoms with E-state index < -0.39 is 0 Å². The van der Waals surface area contributed by atoms with E-state index in [9.17, 15) is 0 Å². The molecule has 0 radical (unpaired) electrons. The SMILES string of the molecule is CC1COCCN1c1cc(N)nc(-c2ccnc3c2ccn3SI)n1.CSC1CC1. The van der Waals surface area contributed by atoms with E-state index in [1.807, 2.05) is 40.1 Å². The molecule has 1 aliphatic heterocycles. The molecule has 2 N–H and O–H groups in total. The molecular weight excluding hydrogens is 531 g/mol. The van der Waals surface area contributed by atoms with Crippen molar-refractivity contribution in [2.24, 2.45) is 0 Å². The highest BCUT2D eigenvalue weighted by Crippen LogP contribution is 2.32. The van der Waals surface area contributed by atoms with E-state index in [1.165, 1.54) is 12.8 Å². The highest BCUT2D eigenvalue weighted by molar-refractivity contribution is 14.2. The van der Waals surface area contributed by atoms with Gasteiger partial charge in [-0.1, -0.05) is 0 Å². The van der Waals surface area contributed by atoms with E-state index in [-0.39, 0.29) is 6.04 Å². The van der Waals surface area contributed by atoms with Gasteiger partial charge < -0.3 is 15.4 Å². The molecule has 2 fully saturated rings. The van der Waals surface area contributed by atoms with Gasteiger partial charge in [-0.15, -0.1) is 0 Å². The molecule has 3 aromatic heterocycles.